The molecule has 2 atom stereocenters. The van der Waals surface area contributed by atoms with E-state index < -0.39 is 6.10 Å². The van der Waals surface area contributed by atoms with Crippen LogP contribution in [-0.2, 0) is 0 Å². The van der Waals surface area contributed by atoms with Crippen LogP contribution in [-0.4, -0.2) is 36.1 Å². The van der Waals surface area contributed by atoms with Crippen molar-refractivity contribution in [2.75, 3.05) is 26.6 Å². The van der Waals surface area contributed by atoms with Crippen molar-refractivity contribution in [1.82, 2.24) is 14.8 Å². The number of aromatic nitrogens is 3. The number of hydrogen-bond acceptors (Lipinski definition) is 7. The van der Waals surface area contributed by atoms with Gasteiger partial charge in [0, 0.05) is 16.7 Å². The number of hydrogen-bond donors (Lipinski definition) is 1. The summed E-state index contributed by atoms with van der Waals surface area (Å²) >= 11 is 0. The molecule has 35 heavy (non-hydrogen) atoms. The number of benzene rings is 3. The van der Waals surface area contributed by atoms with Crippen LogP contribution in [0.1, 0.15) is 28.8 Å². The third-order valence-corrected chi connectivity index (χ3v) is 6.47. The van der Waals surface area contributed by atoms with Crippen LogP contribution in [0.25, 0.3) is 5.70 Å². The summed E-state index contributed by atoms with van der Waals surface area (Å²) < 4.78 is 25.4. The Morgan fingerprint density at radius 2 is 1.63 bits per heavy atom. The van der Waals surface area contributed by atoms with Gasteiger partial charge in [-0.15, -0.1) is 0 Å². The molecule has 0 aliphatic carbocycles. The zero-order valence-corrected chi connectivity index (χ0v) is 19.6. The van der Waals surface area contributed by atoms with Crippen LogP contribution < -0.4 is 24.3 Å². The van der Waals surface area contributed by atoms with Crippen LogP contribution in [0, 0.1) is 0 Å². The fourth-order valence-corrected chi connectivity index (χ4v) is 4.90. The molecular formula is C27H24N4O4. The molecule has 2 aliphatic rings. The Morgan fingerprint density at radius 3 is 2.46 bits per heavy atom. The van der Waals surface area contributed by atoms with Gasteiger partial charge < -0.3 is 24.3 Å². The highest BCUT2D eigenvalue weighted by Crippen LogP contribution is 2.52. The van der Waals surface area contributed by atoms with Crippen molar-refractivity contribution >= 4 is 11.6 Å². The van der Waals surface area contributed by atoms with Gasteiger partial charge in [0.25, 0.3) is 0 Å². The third-order valence-electron chi connectivity index (χ3n) is 6.47. The lowest BCUT2D eigenvalue weighted by Crippen LogP contribution is -2.32. The monoisotopic (exact) mass is 468 g/mol. The van der Waals surface area contributed by atoms with Gasteiger partial charge in [-0.25, -0.2) is 4.68 Å². The molecular weight excluding hydrogens is 444 g/mol. The average Bonchev–Trinajstić information content (AvgIpc) is 3.39. The van der Waals surface area contributed by atoms with E-state index in [2.05, 4.69) is 15.4 Å². The number of fused-ring (bicyclic) bond motifs is 3. The number of para-hydroxylation sites is 2. The number of anilines is 1. The van der Waals surface area contributed by atoms with E-state index in [1.807, 2.05) is 71.4 Å². The van der Waals surface area contributed by atoms with Gasteiger partial charge >= 0.3 is 0 Å². The van der Waals surface area contributed by atoms with Gasteiger partial charge in [0.1, 0.15) is 23.9 Å². The van der Waals surface area contributed by atoms with Crippen LogP contribution in [0.4, 0.5) is 5.95 Å². The maximum atomic E-state index is 6.68. The fraction of sp³-hybridized carbons (Fsp3) is 0.185. The van der Waals surface area contributed by atoms with Gasteiger partial charge in [-0.1, -0.05) is 36.4 Å². The van der Waals surface area contributed by atoms with Crippen molar-refractivity contribution in [3.63, 3.8) is 0 Å². The molecule has 1 N–H and O–H groups in total. The molecule has 8 heteroatoms. The molecule has 3 heterocycles. The Kier molecular flexibility index (Phi) is 5.06. The van der Waals surface area contributed by atoms with Crippen LogP contribution in [0.15, 0.2) is 78.6 Å². The summed E-state index contributed by atoms with van der Waals surface area (Å²) in [6, 6.07) is 21.5. The van der Waals surface area contributed by atoms with Crippen molar-refractivity contribution in [3.05, 3.63) is 95.3 Å². The minimum absolute atomic E-state index is 0.313. The highest BCUT2D eigenvalue weighted by Gasteiger charge is 2.42. The maximum absolute atomic E-state index is 6.68. The highest BCUT2D eigenvalue weighted by atomic mass is 16.5. The Hall–Kier alpha value is -4.46. The zero-order chi connectivity index (χ0) is 23.9. The van der Waals surface area contributed by atoms with Crippen molar-refractivity contribution in [1.29, 1.82) is 0 Å². The molecule has 1 aromatic heterocycles. The molecule has 0 amide bonds. The van der Waals surface area contributed by atoms with E-state index in [9.17, 15) is 0 Å². The summed E-state index contributed by atoms with van der Waals surface area (Å²) in [6.45, 7) is 0. The Balaban J connectivity index is 1.63. The van der Waals surface area contributed by atoms with Gasteiger partial charge in [-0.05, 0) is 35.9 Å². The Morgan fingerprint density at radius 1 is 0.857 bits per heavy atom. The highest BCUT2D eigenvalue weighted by molar-refractivity contribution is 5.85. The first-order valence-electron chi connectivity index (χ1n) is 11.2. The molecule has 3 aromatic carbocycles. The van der Waals surface area contributed by atoms with E-state index in [0.717, 1.165) is 39.5 Å². The molecule has 0 bridgehead atoms. The summed E-state index contributed by atoms with van der Waals surface area (Å²) in [6.07, 6.45) is 1.12. The lowest BCUT2D eigenvalue weighted by atomic mass is 9.84. The lowest BCUT2D eigenvalue weighted by Gasteiger charge is -2.39. The quantitative estimate of drug-likeness (QED) is 0.448. The number of ether oxygens (including phenoxy) is 4. The predicted molar refractivity (Wildman–Crippen MR) is 131 cm³/mol. The number of nitrogens with one attached hydrogen (secondary N) is 1. The van der Waals surface area contributed by atoms with Gasteiger partial charge in [-0.2, -0.15) is 10.1 Å². The SMILES string of the molecule is COc1ccc([C@H]2C3=C(Nc4ncnn42)c2ccccc2O[C@H]3c2ccccc2OC)cc1OC. The van der Waals surface area contributed by atoms with Crippen molar-refractivity contribution in [2.45, 2.75) is 12.1 Å². The second-order valence-corrected chi connectivity index (χ2v) is 8.24. The average molecular weight is 469 g/mol. The molecule has 0 unspecified atom stereocenters. The molecule has 2 aliphatic heterocycles. The Labute approximate surface area is 202 Å². The molecule has 4 aromatic rings. The first-order chi connectivity index (χ1) is 17.2. The second-order valence-electron chi connectivity index (χ2n) is 8.24. The second kappa shape index (κ2) is 8.39. The van der Waals surface area contributed by atoms with Crippen molar-refractivity contribution < 1.29 is 18.9 Å². The molecule has 176 valence electrons. The van der Waals surface area contributed by atoms with Gasteiger partial charge in [0.2, 0.25) is 5.95 Å². The fourth-order valence-electron chi connectivity index (χ4n) is 4.90. The van der Waals surface area contributed by atoms with Crippen molar-refractivity contribution in [3.8, 4) is 23.0 Å². The van der Waals surface area contributed by atoms with Gasteiger partial charge in [0.05, 0.1) is 27.0 Å². The molecule has 6 rings (SSSR count). The summed E-state index contributed by atoms with van der Waals surface area (Å²) in [5, 5.41) is 8.10. The minimum Gasteiger partial charge on any atom is -0.496 e. The summed E-state index contributed by atoms with van der Waals surface area (Å²) in [5.74, 6) is 3.48. The number of rotatable bonds is 5. The van der Waals surface area contributed by atoms with Crippen LogP contribution in [0.2, 0.25) is 0 Å². The molecule has 8 nitrogen and oxygen atoms in total. The van der Waals surface area contributed by atoms with Gasteiger partial charge in [-0.3, -0.25) is 0 Å². The number of methoxy groups -OCH3 is 3. The topological polar surface area (TPSA) is 79.7 Å². The van der Waals surface area contributed by atoms with E-state index in [1.165, 1.54) is 0 Å². The number of nitrogens with zero attached hydrogens (tertiary/aromatic N) is 3. The minimum atomic E-state index is -0.431. The van der Waals surface area contributed by atoms with Crippen LogP contribution in [0.3, 0.4) is 0 Å². The summed E-state index contributed by atoms with van der Waals surface area (Å²) in [4.78, 5) is 4.49. The normalized spacial score (nSPS) is 17.9. The summed E-state index contributed by atoms with van der Waals surface area (Å²) in [7, 11) is 4.93. The predicted octanol–water partition coefficient (Wildman–Crippen LogP) is 4.86. The lowest BCUT2D eigenvalue weighted by molar-refractivity contribution is 0.217. The van der Waals surface area contributed by atoms with E-state index >= 15 is 0 Å². The molecule has 0 fully saturated rings. The first-order valence-corrected chi connectivity index (χ1v) is 11.2. The Bertz CT molecular complexity index is 1440. The molecule has 0 saturated heterocycles. The van der Waals surface area contributed by atoms with E-state index in [0.29, 0.717) is 17.4 Å². The van der Waals surface area contributed by atoms with E-state index in [4.69, 9.17) is 18.9 Å². The maximum Gasteiger partial charge on any atom is 0.226 e. The zero-order valence-electron chi connectivity index (χ0n) is 19.6. The smallest absolute Gasteiger partial charge is 0.226 e. The first kappa shape index (κ1) is 21.1. The largest absolute Gasteiger partial charge is 0.496 e. The van der Waals surface area contributed by atoms with Crippen LogP contribution >= 0.6 is 0 Å². The summed E-state index contributed by atoms with van der Waals surface area (Å²) in [5.41, 5.74) is 4.80. The molecule has 0 radical (unpaired) electrons. The molecule has 0 saturated carbocycles. The van der Waals surface area contributed by atoms with E-state index in [1.54, 1.807) is 27.7 Å². The molecule has 0 spiro atoms. The van der Waals surface area contributed by atoms with Gasteiger partial charge in [0.15, 0.2) is 17.6 Å². The van der Waals surface area contributed by atoms with Crippen LogP contribution in [0.5, 0.6) is 23.0 Å². The van der Waals surface area contributed by atoms with Crippen molar-refractivity contribution in [2.24, 2.45) is 0 Å². The van der Waals surface area contributed by atoms with E-state index in [-0.39, 0.29) is 6.04 Å². The standard InChI is InChI=1S/C27H24N4O4/c1-32-19-10-6-5-9-18(19)26-23-24(17-8-4-7-11-20(17)35-26)30-27-28-15-29-31(27)25(23)16-12-13-21(33-2)22(14-16)34-3/h4-15,25-26H,1-3H3,(H,28,29,30)/t25-,26-/m0/s1. The third kappa shape index (κ3) is 3.29.